The first-order valence-corrected chi connectivity index (χ1v) is 12.3. The summed E-state index contributed by atoms with van der Waals surface area (Å²) < 4.78 is 5.77. The van der Waals surface area contributed by atoms with E-state index >= 15 is 0 Å². The number of anilines is 1. The van der Waals surface area contributed by atoms with Crippen LogP contribution in [0.5, 0.6) is 0 Å². The maximum atomic E-state index is 13.0. The molecule has 0 spiro atoms. The van der Waals surface area contributed by atoms with Gasteiger partial charge in [0.05, 0.1) is 16.8 Å². The van der Waals surface area contributed by atoms with Crippen molar-refractivity contribution in [1.82, 2.24) is 10.7 Å². The van der Waals surface area contributed by atoms with Crippen LogP contribution in [0.25, 0.3) is 17.4 Å². The molecule has 3 aromatic carbocycles. The second-order valence-corrected chi connectivity index (χ2v) is 9.23. The summed E-state index contributed by atoms with van der Waals surface area (Å²) in [4.78, 5) is 27.9. The molecule has 0 aliphatic heterocycles. The molecule has 0 saturated carbocycles. The van der Waals surface area contributed by atoms with E-state index in [1.54, 1.807) is 54.6 Å². The molecule has 7 nitrogen and oxygen atoms in total. The maximum absolute atomic E-state index is 13.0. The van der Waals surface area contributed by atoms with Gasteiger partial charge in [0.15, 0.2) is 0 Å². The van der Waals surface area contributed by atoms with Crippen LogP contribution in [0.3, 0.4) is 0 Å². The molecule has 192 valence electrons. The fraction of sp³-hybridized carbons (Fsp3) is 0.0690. The number of carbonyl (C=O) groups is 2. The summed E-state index contributed by atoms with van der Waals surface area (Å²) in [5.74, 6) is -0.123. The Balaban J connectivity index is 1.52. The summed E-state index contributed by atoms with van der Waals surface area (Å²) >= 11 is 12.2. The van der Waals surface area contributed by atoms with Crippen molar-refractivity contribution in [3.63, 3.8) is 0 Å². The lowest BCUT2D eigenvalue weighted by atomic mass is 10.1. The smallest absolute Gasteiger partial charge is 0.287 e. The van der Waals surface area contributed by atoms with Gasteiger partial charge >= 0.3 is 0 Å². The largest absolute Gasteiger partial charge is 0.455 e. The topological polar surface area (TPSA) is 86.9 Å². The van der Waals surface area contributed by atoms with Crippen LogP contribution in [0.15, 0.2) is 100 Å². The van der Waals surface area contributed by atoms with E-state index in [4.69, 9.17) is 27.6 Å². The molecule has 0 aliphatic rings. The maximum Gasteiger partial charge on any atom is 0.287 e. The van der Waals surface area contributed by atoms with Gasteiger partial charge in [-0.3, -0.25) is 9.59 Å². The molecular weight excluding hydrogens is 523 g/mol. The standard InChI is InChI=1S/C29H24Cl2N4O3/c1-35(2)22-12-10-19(11-13-22)16-26(33-28(36)24-8-3-4-9-25(24)31)29(37)34-32-18-23-14-15-27(38-23)20-6-5-7-21(30)17-20/h3-18H,1-2H3,(H,33,36)(H,34,37)/b26-16+,32-18+. The van der Waals surface area contributed by atoms with Crippen LogP contribution in [0.1, 0.15) is 21.7 Å². The van der Waals surface area contributed by atoms with Crippen LogP contribution in [-0.4, -0.2) is 32.1 Å². The zero-order valence-corrected chi connectivity index (χ0v) is 22.1. The molecule has 0 unspecified atom stereocenters. The number of furan rings is 1. The SMILES string of the molecule is CN(C)c1ccc(/C=C(/NC(=O)c2ccccc2Cl)C(=O)N/N=C/c2ccc(-c3cccc(Cl)c3)o2)cc1. The minimum Gasteiger partial charge on any atom is -0.455 e. The van der Waals surface area contributed by atoms with Crippen LogP contribution in [0.2, 0.25) is 10.0 Å². The number of carbonyl (C=O) groups excluding carboxylic acids is 2. The van der Waals surface area contributed by atoms with Crippen molar-refractivity contribution in [3.8, 4) is 11.3 Å². The Hall–Kier alpha value is -4.33. The van der Waals surface area contributed by atoms with Crippen LogP contribution >= 0.6 is 23.2 Å². The van der Waals surface area contributed by atoms with E-state index in [-0.39, 0.29) is 16.3 Å². The average molecular weight is 547 g/mol. The molecule has 38 heavy (non-hydrogen) atoms. The highest BCUT2D eigenvalue weighted by molar-refractivity contribution is 6.34. The van der Waals surface area contributed by atoms with E-state index in [1.165, 1.54) is 6.21 Å². The molecule has 1 heterocycles. The molecule has 0 fully saturated rings. The lowest BCUT2D eigenvalue weighted by Gasteiger charge is -2.13. The van der Waals surface area contributed by atoms with Crippen molar-refractivity contribution in [2.45, 2.75) is 0 Å². The molecule has 0 aliphatic carbocycles. The third-order valence-corrected chi connectivity index (χ3v) is 5.99. The molecular formula is C29H24Cl2N4O3. The second-order valence-electron chi connectivity index (χ2n) is 8.39. The normalized spacial score (nSPS) is 11.4. The van der Waals surface area contributed by atoms with Crippen LogP contribution in [-0.2, 0) is 4.79 Å². The third kappa shape index (κ3) is 6.91. The summed E-state index contributed by atoms with van der Waals surface area (Å²) in [7, 11) is 3.87. The van der Waals surface area contributed by atoms with Crippen molar-refractivity contribution in [2.24, 2.45) is 5.10 Å². The Morgan fingerprint density at radius 1 is 0.921 bits per heavy atom. The molecule has 0 saturated heterocycles. The third-order valence-electron chi connectivity index (χ3n) is 5.43. The molecule has 0 atom stereocenters. The number of amides is 2. The van der Waals surface area contributed by atoms with E-state index in [2.05, 4.69) is 15.8 Å². The zero-order chi connectivity index (χ0) is 27.1. The van der Waals surface area contributed by atoms with Crippen molar-refractivity contribution < 1.29 is 14.0 Å². The van der Waals surface area contributed by atoms with Crippen molar-refractivity contribution in [1.29, 1.82) is 0 Å². The highest BCUT2D eigenvalue weighted by Gasteiger charge is 2.16. The van der Waals surface area contributed by atoms with Crippen molar-refractivity contribution >= 4 is 53.0 Å². The van der Waals surface area contributed by atoms with Gasteiger partial charge in [-0.2, -0.15) is 5.10 Å². The summed E-state index contributed by atoms with van der Waals surface area (Å²) in [6.45, 7) is 0. The summed E-state index contributed by atoms with van der Waals surface area (Å²) in [6.07, 6.45) is 2.93. The molecule has 2 N–H and O–H groups in total. The summed E-state index contributed by atoms with van der Waals surface area (Å²) in [6, 6.07) is 24.8. The molecule has 0 bridgehead atoms. The Morgan fingerprint density at radius 2 is 1.68 bits per heavy atom. The van der Waals surface area contributed by atoms with Crippen LogP contribution in [0, 0.1) is 0 Å². The van der Waals surface area contributed by atoms with Gasteiger partial charge in [0.25, 0.3) is 11.8 Å². The molecule has 1 aromatic heterocycles. The summed E-state index contributed by atoms with van der Waals surface area (Å²) in [5, 5.41) is 7.50. The predicted molar refractivity (Wildman–Crippen MR) is 153 cm³/mol. The van der Waals surface area contributed by atoms with E-state index in [1.807, 2.05) is 55.4 Å². The number of rotatable bonds is 8. The lowest BCUT2D eigenvalue weighted by molar-refractivity contribution is -0.117. The van der Waals surface area contributed by atoms with Crippen molar-refractivity contribution in [3.05, 3.63) is 118 Å². The van der Waals surface area contributed by atoms with E-state index < -0.39 is 11.8 Å². The zero-order valence-electron chi connectivity index (χ0n) is 20.6. The van der Waals surface area contributed by atoms with Crippen molar-refractivity contribution in [2.75, 3.05) is 19.0 Å². The number of halogens is 2. The van der Waals surface area contributed by atoms with Gasteiger partial charge in [0, 0.05) is 30.4 Å². The van der Waals surface area contributed by atoms with Gasteiger partial charge in [-0.25, -0.2) is 5.43 Å². The Morgan fingerprint density at radius 3 is 2.39 bits per heavy atom. The van der Waals surface area contributed by atoms with Crippen LogP contribution in [0.4, 0.5) is 5.69 Å². The van der Waals surface area contributed by atoms with E-state index in [0.717, 1.165) is 11.3 Å². The molecule has 9 heteroatoms. The first-order chi connectivity index (χ1) is 18.3. The highest BCUT2D eigenvalue weighted by atomic mass is 35.5. The van der Waals surface area contributed by atoms with Crippen LogP contribution < -0.4 is 15.6 Å². The van der Waals surface area contributed by atoms with Gasteiger partial charge in [0.1, 0.15) is 17.2 Å². The van der Waals surface area contributed by atoms with E-state index in [9.17, 15) is 9.59 Å². The molecule has 2 amide bonds. The van der Waals surface area contributed by atoms with Gasteiger partial charge in [0.2, 0.25) is 0 Å². The van der Waals surface area contributed by atoms with Gasteiger partial charge in [-0.15, -0.1) is 0 Å². The Bertz CT molecular complexity index is 1510. The Kier molecular flexibility index (Phi) is 8.63. The number of nitrogens with zero attached hydrogens (tertiary/aromatic N) is 2. The van der Waals surface area contributed by atoms with Gasteiger partial charge < -0.3 is 14.6 Å². The fourth-order valence-electron chi connectivity index (χ4n) is 3.46. The monoisotopic (exact) mass is 546 g/mol. The quantitative estimate of drug-likeness (QED) is 0.155. The number of benzene rings is 3. The average Bonchev–Trinajstić information content (AvgIpc) is 3.38. The van der Waals surface area contributed by atoms with Gasteiger partial charge in [-0.05, 0) is 60.2 Å². The van der Waals surface area contributed by atoms with Gasteiger partial charge in [-0.1, -0.05) is 59.6 Å². The number of hydrazone groups is 1. The molecule has 0 radical (unpaired) electrons. The van der Waals surface area contributed by atoms with E-state index in [0.29, 0.717) is 22.1 Å². The second kappa shape index (κ2) is 12.3. The minimum atomic E-state index is -0.625. The minimum absolute atomic E-state index is 0.0104. The predicted octanol–water partition coefficient (Wildman–Crippen LogP) is 6.24. The molecule has 4 rings (SSSR count). The lowest BCUT2D eigenvalue weighted by Crippen LogP contribution is -2.33. The molecule has 4 aromatic rings. The Labute approximate surface area is 230 Å². The highest BCUT2D eigenvalue weighted by Crippen LogP contribution is 2.24. The first-order valence-electron chi connectivity index (χ1n) is 11.5. The fourth-order valence-corrected chi connectivity index (χ4v) is 3.87. The number of hydrogen-bond acceptors (Lipinski definition) is 5. The first kappa shape index (κ1) is 26.7. The number of nitrogens with one attached hydrogen (secondary N) is 2. The summed E-state index contributed by atoms with van der Waals surface area (Å²) in [5.41, 5.74) is 5.18. The number of hydrogen-bond donors (Lipinski definition) is 2.